The molecule has 4 nitrogen and oxygen atoms in total. The van der Waals surface area contributed by atoms with Crippen LogP contribution < -0.4 is 11.1 Å². The van der Waals surface area contributed by atoms with Crippen molar-refractivity contribution in [2.75, 3.05) is 17.6 Å². The summed E-state index contributed by atoms with van der Waals surface area (Å²) >= 11 is 0. The first kappa shape index (κ1) is 14.9. The highest BCUT2D eigenvalue weighted by Crippen LogP contribution is 2.29. The molecule has 1 amide bonds. The highest BCUT2D eigenvalue weighted by Gasteiger charge is 2.34. The molecule has 4 heteroatoms. The van der Waals surface area contributed by atoms with Gasteiger partial charge in [-0.25, -0.2) is 0 Å². The van der Waals surface area contributed by atoms with Crippen molar-refractivity contribution in [3.05, 3.63) is 24.3 Å². The number of rotatable bonds is 7. The Labute approximate surface area is 121 Å². The Kier molecular flexibility index (Phi) is 5.01. The molecule has 0 bridgehead atoms. The summed E-state index contributed by atoms with van der Waals surface area (Å²) in [6.45, 7) is 5.17. The number of benzene rings is 1. The smallest absolute Gasteiger partial charge is 0.241 e. The molecule has 0 saturated heterocycles. The Bertz CT molecular complexity index is 457. The molecule has 110 valence electrons. The summed E-state index contributed by atoms with van der Waals surface area (Å²) in [5.74, 6) is 0.0332. The van der Waals surface area contributed by atoms with Gasteiger partial charge in [-0.05, 0) is 44.9 Å². The number of anilines is 2. The highest BCUT2D eigenvalue weighted by atomic mass is 16.2. The van der Waals surface area contributed by atoms with Crippen LogP contribution in [0.5, 0.6) is 0 Å². The molecule has 1 unspecified atom stereocenters. The maximum absolute atomic E-state index is 12.4. The van der Waals surface area contributed by atoms with E-state index in [9.17, 15) is 4.79 Å². The standard InChI is InChI=1S/C16H25N3O/c1-3-4-11-19(13-9-10-13)12(2)16(20)18-15-8-6-5-7-14(15)17/h5-8,12-13H,3-4,9-11,17H2,1-2H3,(H,18,20). The summed E-state index contributed by atoms with van der Waals surface area (Å²) in [5.41, 5.74) is 7.18. The molecule has 1 aliphatic carbocycles. The SMILES string of the molecule is CCCCN(C1CC1)C(C)C(=O)Nc1ccccc1N. The Morgan fingerprint density at radius 2 is 2.15 bits per heavy atom. The molecule has 1 fully saturated rings. The molecular weight excluding hydrogens is 250 g/mol. The summed E-state index contributed by atoms with van der Waals surface area (Å²) < 4.78 is 0. The topological polar surface area (TPSA) is 58.4 Å². The van der Waals surface area contributed by atoms with E-state index in [2.05, 4.69) is 17.1 Å². The second kappa shape index (κ2) is 6.75. The average Bonchev–Trinajstić information content (AvgIpc) is 3.26. The molecule has 0 spiro atoms. The lowest BCUT2D eigenvalue weighted by molar-refractivity contribution is -0.121. The fourth-order valence-electron chi connectivity index (χ4n) is 2.44. The van der Waals surface area contributed by atoms with Crippen LogP contribution in [0.25, 0.3) is 0 Å². The lowest BCUT2D eigenvalue weighted by Gasteiger charge is -2.28. The molecule has 20 heavy (non-hydrogen) atoms. The molecule has 1 aromatic rings. The lowest BCUT2D eigenvalue weighted by atomic mass is 10.2. The second-order valence-electron chi connectivity index (χ2n) is 5.58. The number of nitrogens with one attached hydrogen (secondary N) is 1. The van der Waals surface area contributed by atoms with Crippen LogP contribution in [0, 0.1) is 0 Å². The van der Waals surface area contributed by atoms with Gasteiger partial charge in [0, 0.05) is 6.04 Å². The maximum atomic E-state index is 12.4. The van der Waals surface area contributed by atoms with E-state index in [4.69, 9.17) is 5.73 Å². The van der Waals surface area contributed by atoms with Crippen molar-refractivity contribution in [3.63, 3.8) is 0 Å². The minimum absolute atomic E-state index is 0.0332. The summed E-state index contributed by atoms with van der Waals surface area (Å²) in [7, 11) is 0. The third kappa shape index (κ3) is 3.73. The molecule has 0 radical (unpaired) electrons. The van der Waals surface area contributed by atoms with Gasteiger partial charge in [0.2, 0.25) is 5.91 Å². The van der Waals surface area contributed by atoms with Crippen LogP contribution >= 0.6 is 0 Å². The number of hydrogen-bond acceptors (Lipinski definition) is 3. The van der Waals surface area contributed by atoms with E-state index in [0.29, 0.717) is 17.4 Å². The number of hydrogen-bond donors (Lipinski definition) is 2. The van der Waals surface area contributed by atoms with Crippen molar-refractivity contribution in [3.8, 4) is 0 Å². The minimum Gasteiger partial charge on any atom is -0.397 e. The first-order valence-electron chi connectivity index (χ1n) is 7.54. The van der Waals surface area contributed by atoms with E-state index in [1.165, 1.54) is 12.8 Å². The van der Waals surface area contributed by atoms with Gasteiger partial charge in [0.05, 0.1) is 17.4 Å². The summed E-state index contributed by atoms with van der Waals surface area (Å²) in [6, 6.07) is 7.88. The number of para-hydroxylation sites is 2. The van der Waals surface area contributed by atoms with Crippen LogP contribution in [0.1, 0.15) is 39.5 Å². The predicted molar refractivity (Wildman–Crippen MR) is 83.6 cm³/mol. The number of nitrogen functional groups attached to an aromatic ring is 1. The van der Waals surface area contributed by atoms with E-state index in [1.807, 2.05) is 25.1 Å². The molecule has 2 rings (SSSR count). The zero-order valence-corrected chi connectivity index (χ0v) is 12.4. The predicted octanol–water partition coefficient (Wildman–Crippen LogP) is 2.86. The Hall–Kier alpha value is -1.55. The van der Waals surface area contributed by atoms with Gasteiger partial charge in [-0.15, -0.1) is 0 Å². The number of carbonyl (C=O) groups excluding carboxylic acids is 1. The van der Waals surface area contributed by atoms with Crippen molar-refractivity contribution in [1.82, 2.24) is 4.90 Å². The van der Waals surface area contributed by atoms with Gasteiger partial charge in [0.15, 0.2) is 0 Å². The third-order valence-corrected chi connectivity index (χ3v) is 3.88. The number of nitrogens with two attached hydrogens (primary N) is 1. The molecule has 1 atom stereocenters. The summed E-state index contributed by atoms with van der Waals surface area (Å²) in [6.07, 6.45) is 4.73. The van der Waals surface area contributed by atoms with Crippen molar-refractivity contribution in [2.24, 2.45) is 0 Å². The number of carbonyl (C=O) groups is 1. The molecule has 3 N–H and O–H groups in total. The Balaban J connectivity index is 1.98. The van der Waals surface area contributed by atoms with Gasteiger partial charge >= 0.3 is 0 Å². The third-order valence-electron chi connectivity index (χ3n) is 3.88. The normalized spacial score (nSPS) is 16.1. The molecule has 0 aromatic heterocycles. The van der Waals surface area contributed by atoms with E-state index < -0.39 is 0 Å². The molecule has 1 aromatic carbocycles. The lowest BCUT2D eigenvalue weighted by Crippen LogP contribution is -2.44. The Morgan fingerprint density at radius 3 is 2.75 bits per heavy atom. The van der Waals surface area contributed by atoms with Gasteiger partial charge in [-0.2, -0.15) is 0 Å². The Morgan fingerprint density at radius 1 is 1.45 bits per heavy atom. The van der Waals surface area contributed by atoms with Crippen LogP contribution in [-0.2, 0) is 4.79 Å². The number of unbranched alkanes of at least 4 members (excludes halogenated alkanes) is 1. The number of nitrogens with zero attached hydrogens (tertiary/aromatic N) is 1. The van der Waals surface area contributed by atoms with Gasteiger partial charge in [0.25, 0.3) is 0 Å². The van der Waals surface area contributed by atoms with E-state index in [-0.39, 0.29) is 11.9 Å². The van der Waals surface area contributed by atoms with Crippen molar-refractivity contribution in [2.45, 2.75) is 51.6 Å². The fraction of sp³-hybridized carbons (Fsp3) is 0.562. The van der Waals surface area contributed by atoms with Crippen LogP contribution in [0.15, 0.2) is 24.3 Å². The molecule has 0 aliphatic heterocycles. The van der Waals surface area contributed by atoms with Gasteiger partial charge in [0.1, 0.15) is 0 Å². The molecule has 1 aliphatic rings. The first-order chi connectivity index (χ1) is 9.63. The van der Waals surface area contributed by atoms with Crippen LogP contribution in [0.4, 0.5) is 11.4 Å². The average molecular weight is 275 g/mol. The minimum atomic E-state index is -0.103. The quantitative estimate of drug-likeness (QED) is 0.752. The monoisotopic (exact) mass is 275 g/mol. The summed E-state index contributed by atoms with van der Waals surface area (Å²) in [5, 5.41) is 2.94. The van der Waals surface area contributed by atoms with E-state index in [1.54, 1.807) is 6.07 Å². The fourth-order valence-corrected chi connectivity index (χ4v) is 2.44. The highest BCUT2D eigenvalue weighted by molar-refractivity contribution is 5.97. The van der Waals surface area contributed by atoms with Crippen molar-refractivity contribution >= 4 is 17.3 Å². The first-order valence-corrected chi connectivity index (χ1v) is 7.54. The molecule has 1 saturated carbocycles. The van der Waals surface area contributed by atoms with Crippen LogP contribution in [-0.4, -0.2) is 29.4 Å². The summed E-state index contributed by atoms with van der Waals surface area (Å²) in [4.78, 5) is 14.7. The van der Waals surface area contributed by atoms with E-state index in [0.717, 1.165) is 19.4 Å². The molecular formula is C16H25N3O. The second-order valence-corrected chi connectivity index (χ2v) is 5.58. The maximum Gasteiger partial charge on any atom is 0.241 e. The van der Waals surface area contributed by atoms with Gasteiger partial charge in [-0.1, -0.05) is 25.5 Å². The zero-order chi connectivity index (χ0) is 14.5. The van der Waals surface area contributed by atoms with Crippen LogP contribution in [0.2, 0.25) is 0 Å². The van der Waals surface area contributed by atoms with Gasteiger partial charge < -0.3 is 11.1 Å². The largest absolute Gasteiger partial charge is 0.397 e. The van der Waals surface area contributed by atoms with Crippen molar-refractivity contribution < 1.29 is 4.79 Å². The van der Waals surface area contributed by atoms with Crippen LogP contribution in [0.3, 0.4) is 0 Å². The zero-order valence-electron chi connectivity index (χ0n) is 12.4. The van der Waals surface area contributed by atoms with Crippen molar-refractivity contribution in [1.29, 1.82) is 0 Å². The number of amides is 1. The van der Waals surface area contributed by atoms with Gasteiger partial charge in [-0.3, -0.25) is 9.69 Å². The van der Waals surface area contributed by atoms with E-state index >= 15 is 0 Å². The molecule has 0 heterocycles.